The van der Waals surface area contributed by atoms with Crippen molar-refractivity contribution in [2.75, 3.05) is 0 Å². The zero-order chi connectivity index (χ0) is 17.9. The van der Waals surface area contributed by atoms with E-state index in [-0.39, 0.29) is 4.74 Å². The summed E-state index contributed by atoms with van der Waals surface area (Å²) in [6.07, 6.45) is 0. The van der Waals surface area contributed by atoms with Crippen LogP contribution in [-0.4, -0.2) is 0 Å². The minimum atomic E-state index is 0.0686. The van der Waals surface area contributed by atoms with Gasteiger partial charge in [0.25, 0.3) is 0 Å². The van der Waals surface area contributed by atoms with Crippen molar-refractivity contribution >= 4 is 11.3 Å². The van der Waals surface area contributed by atoms with Gasteiger partial charge >= 0.3 is 0 Å². The van der Waals surface area contributed by atoms with Crippen molar-refractivity contribution in [1.29, 1.82) is 0 Å². The molecule has 0 bridgehead atoms. The summed E-state index contributed by atoms with van der Waals surface area (Å²) in [5.74, 6) is 0. The molecule has 0 fully saturated rings. The standard InChI is InChI=1S/C24H18OS/c1-17-12-14-20(15-13-17)24-23(19-10-6-3-7-11-19)21(16-22(25)26-24)18-8-4-2-5-9-18/h2-16H,1H3. The van der Waals surface area contributed by atoms with E-state index in [1.165, 1.54) is 16.9 Å². The van der Waals surface area contributed by atoms with E-state index < -0.39 is 0 Å². The van der Waals surface area contributed by atoms with E-state index >= 15 is 0 Å². The van der Waals surface area contributed by atoms with Gasteiger partial charge in [0, 0.05) is 16.5 Å². The van der Waals surface area contributed by atoms with Crippen molar-refractivity contribution in [1.82, 2.24) is 0 Å². The molecular formula is C24H18OS. The summed E-state index contributed by atoms with van der Waals surface area (Å²) in [4.78, 5) is 13.5. The number of hydrogen-bond donors (Lipinski definition) is 0. The highest BCUT2D eigenvalue weighted by molar-refractivity contribution is 7.13. The smallest absolute Gasteiger partial charge is 0.233 e. The molecule has 3 aromatic carbocycles. The third kappa shape index (κ3) is 3.24. The van der Waals surface area contributed by atoms with E-state index in [0.29, 0.717) is 0 Å². The highest BCUT2D eigenvalue weighted by Crippen LogP contribution is 2.40. The molecule has 0 unspecified atom stereocenters. The Bertz CT molecular complexity index is 1080. The van der Waals surface area contributed by atoms with Crippen molar-refractivity contribution in [3.8, 4) is 32.7 Å². The predicted molar refractivity (Wildman–Crippen MR) is 112 cm³/mol. The molecule has 26 heavy (non-hydrogen) atoms. The second-order valence-corrected chi connectivity index (χ2v) is 7.30. The van der Waals surface area contributed by atoms with Crippen molar-refractivity contribution in [3.05, 3.63) is 106 Å². The average Bonchev–Trinajstić information content (AvgIpc) is 2.69. The Morgan fingerprint density at radius 1 is 0.654 bits per heavy atom. The van der Waals surface area contributed by atoms with Gasteiger partial charge in [-0.1, -0.05) is 102 Å². The second kappa shape index (κ2) is 7.11. The molecular weight excluding hydrogens is 336 g/mol. The molecule has 0 saturated carbocycles. The van der Waals surface area contributed by atoms with Gasteiger partial charge in [-0.15, -0.1) is 0 Å². The Balaban J connectivity index is 2.07. The molecule has 4 rings (SSSR count). The van der Waals surface area contributed by atoms with E-state index in [9.17, 15) is 4.79 Å². The Morgan fingerprint density at radius 2 is 1.23 bits per heavy atom. The van der Waals surface area contributed by atoms with Crippen LogP contribution in [0.15, 0.2) is 95.8 Å². The lowest BCUT2D eigenvalue weighted by atomic mass is 9.93. The van der Waals surface area contributed by atoms with E-state index in [2.05, 4.69) is 55.5 Å². The first kappa shape index (κ1) is 16.5. The topological polar surface area (TPSA) is 17.1 Å². The predicted octanol–water partition coefficient (Wildman–Crippen LogP) is 6.42. The molecule has 0 radical (unpaired) electrons. The lowest BCUT2D eigenvalue weighted by Gasteiger charge is -2.15. The quantitative estimate of drug-likeness (QED) is 0.415. The van der Waals surface area contributed by atoms with Crippen LogP contribution in [0.5, 0.6) is 0 Å². The zero-order valence-corrected chi connectivity index (χ0v) is 15.3. The van der Waals surface area contributed by atoms with E-state index in [0.717, 1.165) is 32.7 Å². The van der Waals surface area contributed by atoms with Crippen LogP contribution in [0.3, 0.4) is 0 Å². The molecule has 4 aromatic rings. The maximum absolute atomic E-state index is 12.5. The van der Waals surface area contributed by atoms with Gasteiger partial charge in [0.1, 0.15) is 0 Å². The highest BCUT2D eigenvalue weighted by atomic mass is 32.1. The van der Waals surface area contributed by atoms with Crippen molar-refractivity contribution in [2.45, 2.75) is 6.92 Å². The third-order valence-corrected chi connectivity index (χ3v) is 5.39. The van der Waals surface area contributed by atoms with Crippen LogP contribution in [0, 0.1) is 6.92 Å². The van der Waals surface area contributed by atoms with Crippen LogP contribution in [0.2, 0.25) is 0 Å². The first-order valence-electron chi connectivity index (χ1n) is 8.58. The van der Waals surface area contributed by atoms with Crippen LogP contribution >= 0.6 is 11.3 Å². The Hall–Kier alpha value is -2.97. The summed E-state index contributed by atoms with van der Waals surface area (Å²) in [5, 5.41) is 0. The third-order valence-electron chi connectivity index (χ3n) is 4.42. The maximum Gasteiger partial charge on any atom is 0.233 e. The maximum atomic E-state index is 12.5. The summed E-state index contributed by atoms with van der Waals surface area (Å²) >= 11 is 1.31. The van der Waals surface area contributed by atoms with E-state index in [4.69, 9.17) is 0 Å². The summed E-state index contributed by atoms with van der Waals surface area (Å²) in [7, 11) is 0. The first-order chi connectivity index (χ1) is 12.7. The molecule has 2 heteroatoms. The van der Waals surface area contributed by atoms with Crippen LogP contribution in [-0.2, 0) is 0 Å². The molecule has 0 saturated heterocycles. The van der Waals surface area contributed by atoms with Gasteiger partial charge in [0.2, 0.25) is 4.74 Å². The van der Waals surface area contributed by atoms with Crippen molar-refractivity contribution in [2.24, 2.45) is 0 Å². The fourth-order valence-electron chi connectivity index (χ4n) is 3.14. The molecule has 0 N–H and O–H groups in total. The molecule has 1 nitrogen and oxygen atoms in total. The summed E-state index contributed by atoms with van der Waals surface area (Å²) in [6.45, 7) is 2.07. The lowest BCUT2D eigenvalue weighted by Crippen LogP contribution is -1.98. The number of rotatable bonds is 3. The number of aryl methyl sites for hydroxylation is 1. The molecule has 0 aliphatic heterocycles. The van der Waals surface area contributed by atoms with Crippen LogP contribution in [0.4, 0.5) is 0 Å². The summed E-state index contributed by atoms with van der Waals surface area (Å²) < 4.78 is 0.0686. The highest BCUT2D eigenvalue weighted by Gasteiger charge is 2.16. The molecule has 1 aromatic heterocycles. The molecule has 0 spiro atoms. The Kier molecular flexibility index (Phi) is 4.51. The fourth-order valence-corrected chi connectivity index (χ4v) is 4.10. The average molecular weight is 354 g/mol. The Labute approximate surface area is 157 Å². The van der Waals surface area contributed by atoms with Crippen LogP contribution in [0.25, 0.3) is 32.7 Å². The molecule has 0 aliphatic carbocycles. The molecule has 0 aliphatic rings. The fraction of sp³-hybridized carbons (Fsp3) is 0.0417. The largest absolute Gasteiger partial charge is 0.278 e. The minimum Gasteiger partial charge on any atom is -0.278 e. The van der Waals surface area contributed by atoms with Crippen LogP contribution < -0.4 is 4.74 Å². The van der Waals surface area contributed by atoms with Gasteiger partial charge in [0.05, 0.1) is 0 Å². The Morgan fingerprint density at radius 3 is 1.85 bits per heavy atom. The second-order valence-electron chi connectivity index (χ2n) is 6.28. The molecule has 126 valence electrons. The zero-order valence-electron chi connectivity index (χ0n) is 14.5. The van der Waals surface area contributed by atoms with Gasteiger partial charge in [0.15, 0.2) is 0 Å². The normalized spacial score (nSPS) is 10.7. The van der Waals surface area contributed by atoms with E-state index in [1.807, 2.05) is 36.4 Å². The van der Waals surface area contributed by atoms with Crippen molar-refractivity contribution in [3.63, 3.8) is 0 Å². The summed E-state index contributed by atoms with van der Waals surface area (Å²) in [5.41, 5.74) is 6.57. The first-order valence-corrected chi connectivity index (χ1v) is 9.40. The molecule has 0 amide bonds. The monoisotopic (exact) mass is 354 g/mol. The van der Waals surface area contributed by atoms with Crippen molar-refractivity contribution < 1.29 is 0 Å². The number of hydrogen-bond acceptors (Lipinski definition) is 2. The minimum absolute atomic E-state index is 0.0686. The lowest BCUT2D eigenvalue weighted by molar-refractivity contribution is 1.47. The molecule has 0 atom stereocenters. The van der Waals surface area contributed by atoms with Gasteiger partial charge in [-0.05, 0) is 29.2 Å². The van der Waals surface area contributed by atoms with Gasteiger partial charge in [-0.25, -0.2) is 0 Å². The number of benzene rings is 3. The van der Waals surface area contributed by atoms with Crippen LogP contribution in [0.1, 0.15) is 5.56 Å². The van der Waals surface area contributed by atoms with Gasteiger partial charge in [-0.3, -0.25) is 4.79 Å². The van der Waals surface area contributed by atoms with Gasteiger partial charge in [-0.2, -0.15) is 0 Å². The summed E-state index contributed by atoms with van der Waals surface area (Å²) in [6, 6.07) is 30.6. The SMILES string of the molecule is Cc1ccc(-c2sc(=O)cc(-c3ccccc3)c2-c2ccccc2)cc1. The van der Waals surface area contributed by atoms with Gasteiger partial charge < -0.3 is 0 Å². The van der Waals surface area contributed by atoms with E-state index in [1.54, 1.807) is 6.07 Å². The molecule has 1 heterocycles.